The Kier molecular flexibility index (Phi) is 4.80. The fourth-order valence-corrected chi connectivity index (χ4v) is 2.96. The van der Waals surface area contributed by atoms with E-state index in [1.54, 1.807) is 0 Å². The van der Waals surface area contributed by atoms with Crippen molar-refractivity contribution in [3.8, 4) is 12.3 Å². The predicted octanol–water partition coefficient (Wildman–Crippen LogP) is 3.34. The Morgan fingerprint density at radius 2 is 2.08 bits per heavy atom. The Labute approximate surface area is 141 Å². The van der Waals surface area contributed by atoms with E-state index in [1.165, 1.54) is 12.4 Å². The van der Waals surface area contributed by atoms with Gasteiger partial charge in [0.15, 0.2) is 0 Å². The third-order valence-corrected chi connectivity index (χ3v) is 4.19. The average molecular weight is 324 g/mol. The fourth-order valence-electron chi connectivity index (χ4n) is 2.96. The molecule has 0 atom stereocenters. The molecule has 2 heterocycles. The van der Waals surface area contributed by atoms with Crippen LogP contribution in [0.3, 0.4) is 0 Å². The molecule has 1 fully saturated rings. The maximum atomic E-state index is 12.7. The van der Waals surface area contributed by atoms with Gasteiger partial charge >= 0.3 is 6.03 Å². The number of aromatic nitrogens is 2. The van der Waals surface area contributed by atoms with E-state index in [0.717, 1.165) is 37.2 Å². The van der Waals surface area contributed by atoms with Crippen LogP contribution in [0.1, 0.15) is 42.8 Å². The second kappa shape index (κ2) is 7.18. The number of nitrogens with one attached hydrogen (secondary N) is 1. The minimum atomic E-state index is -0.218. The van der Waals surface area contributed by atoms with Crippen LogP contribution in [0.5, 0.6) is 0 Å². The summed E-state index contributed by atoms with van der Waals surface area (Å²) in [5, 5.41) is 2.75. The molecule has 1 aliphatic carbocycles. The molecular weight excluding hydrogens is 304 g/mol. The van der Waals surface area contributed by atoms with Gasteiger partial charge in [-0.15, -0.1) is 6.42 Å². The molecular formula is C18H20N4O2. The van der Waals surface area contributed by atoms with Crippen LogP contribution < -0.4 is 5.32 Å². The molecule has 2 aromatic rings. The molecule has 2 aromatic heterocycles. The molecule has 24 heavy (non-hydrogen) atoms. The second-order valence-electron chi connectivity index (χ2n) is 5.95. The van der Waals surface area contributed by atoms with Crippen LogP contribution >= 0.6 is 0 Å². The number of nitrogens with zero attached hydrogens (tertiary/aromatic N) is 3. The smallest absolute Gasteiger partial charge is 0.324 e. The highest BCUT2D eigenvalue weighted by molar-refractivity contribution is 5.87. The first-order valence-corrected chi connectivity index (χ1v) is 8.07. The zero-order valence-electron chi connectivity index (χ0n) is 13.7. The maximum absolute atomic E-state index is 12.7. The summed E-state index contributed by atoms with van der Waals surface area (Å²) >= 11 is 0. The number of hydrogen-bond donors (Lipinski definition) is 1. The average Bonchev–Trinajstić information content (AvgIpc) is 3.25. The molecule has 0 saturated heterocycles. The lowest BCUT2D eigenvalue weighted by Crippen LogP contribution is -2.41. The van der Waals surface area contributed by atoms with E-state index in [1.807, 2.05) is 24.0 Å². The molecule has 2 amide bonds. The van der Waals surface area contributed by atoms with Gasteiger partial charge in [-0.25, -0.2) is 14.8 Å². The number of carbonyl (C=O) groups excluding carboxylic acids is 1. The number of aryl methyl sites for hydroxylation is 1. The van der Waals surface area contributed by atoms with Crippen molar-refractivity contribution in [2.75, 3.05) is 5.32 Å². The summed E-state index contributed by atoms with van der Waals surface area (Å²) in [4.78, 5) is 22.7. The summed E-state index contributed by atoms with van der Waals surface area (Å²) in [5.41, 5.74) is 0.576. The minimum Gasteiger partial charge on any atom is -0.464 e. The zero-order chi connectivity index (χ0) is 16.9. The van der Waals surface area contributed by atoms with E-state index >= 15 is 0 Å². The summed E-state index contributed by atoms with van der Waals surface area (Å²) in [6.07, 6.45) is 12.6. The first-order chi connectivity index (χ1) is 11.7. The van der Waals surface area contributed by atoms with Gasteiger partial charge in [0, 0.05) is 18.4 Å². The normalized spacial score (nSPS) is 14.3. The van der Waals surface area contributed by atoms with Crippen LogP contribution in [0.4, 0.5) is 10.7 Å². The molecule has 6 heteroatoms. The summed E-state index contributed by atoms with van der Waals surface area (Å²) in [6.45, 7) is 2.33. The molecule has 0 bridgehead atoms. The number of furan rings is 1. The topological polar surface area (TPSA) is 71.3 Å². The van der Waals surface area contributed by atoms with Crippen molar-refractivity contribution >= 4 is 12.0 Å². The second-order valence-corrected chi connectivity index (χ2v) is 5.95. The van der Waals surface area contributed by atoms with Gasteiger partial charge in [-0.05, 0) is 31.9 Å². The molecule has 0 spiro atoms. The lowest BCUT2D eigenvalue weighted by Gasteiger charge is -2.28. The highest BCUT2D eigenvalue weighted by atomic mass is 16.3. The first-order valence-electron chi connectivity index (χ1n) is 8.07. The lowest BCUT2D eigenvalue weighted by atomic mass is 10.2. The summed E-state index contributed by atoms with van der Waals surface area (Å²) in [5.74, 6) is 4.31. The summed E-state index contributed by atoms with van der Waals surface area (Å²) in [7, 11) is 0. The van der Waals surface area contributed by atoms with E-state index in [0.29, 0.717) is 12.1 Å². The van der Waals surface area contributed by atoms with Gasteiger partial charge in [0.25, 0.3) is 0 Å². The van der Waals surface area contributed by atoms with E-state index in [2.05, 4.69) is 21.2 Å². The monoisotopic (exact) mass is 324 g/mol. The van der Waals surface area contributed by atoms with Crippen LogP contribution in [0.15, 0.2) is 28.9 Å². The van der Waals surface area contributed by atoms with Crippen LogP contribution in [0.25, 0.3) is 0 Å². The van der Waals surface area contributed by atoms with Crippen LogP contribution in [0.2, 0.25) is 0 Å². The largest absolute Gasteiger partial charge is 0.464 e. The van der Waals surface area contributed by atoms with E-state index in [9.17, 15) is 4.79 Å². The number of anilines is 1. The van der Waals surface area contributed by atoms with Crippen molar-refractivity contribution in [2.45, 2.75) is 45.2 Å². The molecule has 0 radical (unpaired) electrons. The number of amides is 2. The van der Waals surface area contributed by atoms with Crippen LogP contribution in [-0.4, -0.2) is 26.9 Å². The molecule has 1 N–H and O–H groups in total. The SMILES string of the molecule is C#Cc1cnc(NC(=O)N(Cc2ccc(C)o2)C2CCCC2)nc1. The Balaban J connectivity index is 1.73. The van der Waals surface area contributed by atoms with Gasteiger partial charge in [-0.1, -0.05) is 18.8 Å². The zero-order valence-corrected chi connectivity index (χ0v) is 13.7. The maximum Gasteiger partial charge on any atom is 0.324 e. The molecule has 0 unspecified atom stereocenters. The highest BCUT2D eigenvalue weighted by Crippen LogP contribution is 2.26. The Bertz CT molecular complexity index is 739. The Morgan fingerprint density at radius 1 is 1.38 bits per heavy atom. The van der Waals surface area contributed by atoms with Gasteiger partial charge in [-0.2, -0.15) is 0 Å². The van der Waals surface area contributed by atoms with Gasteiger partial charge in [-0.3, -0.25) is 5.32 Å². The molecule has 0 aliphatic heterocycles. The fraction of sp³-hybridized carbons (Fsp3) is 0.389. The Morgan fingerprint density at radius 3 is 2.67 bits per heavy atom. The molecule has 1 aliphatic rings. The van der Waals surface area contributed by atoms with Crippen LogP contribution in [-0.2, 0) is 6.54 Å². The van der Waals surface area contributed by atoms with E-state index in [4.69, 9.17) is 10.8 Å². The molecule has 3 rings (SSSR count). The number of carbonyl (C=O) groups is 1. The van der Waals surface area contributed by atoms with Crippen molar-refractivity contribution in [1.29, 1.82) is 0 Å². The van der Waals surface area contributed by atoms with Crippen molar-refractivity contribution in [3.63, 3.8) is 0 Å². The number of terminal acetylenes is 1. The van der Waals surface area contributed by atoms with Gasteiger partial charge < -0.3 is 9.32 Å². The van der Waals surface area contributed by atoms with Gasteiger partial charge in [0.1, 0.15) is 11.5 Å². The Hall–Kier alpha value is -2.81. The number of urea groups is 1. The summed E-state index contributed by atoms with van der Waals surface area (Å²) < 4.78 is 5.63. The summed E-state index contributed by atoms with van der Waals surface area (Å²) in [6, 6.07) is 3.80. The predicted molar refractivity (Wildman–Crippen MR) is 90.2 cm³/mol. The molecule has 1 saturated carbocycles. The first kappa shape index (κ1) is 16.1. The van der Waals surface area contributed by atoms with Crippen molar-refractivity contribution in [1.82, 2.24) is 14.9 Å². The van der Waals surface area contributed by atoms with Crippen molar-refractivity contribution in [2.24, 2.45) is 0 Å². The molecule has 0 aromatic carbocycles. The molecule has 6 nitrogen and oxygen atoms in total. The standard InChI is InChI=1S/C18H20N4O2/c1-3-14-10-19-17(20-11-14)21-18(23)22(15-6-4-5-7-15)12-16-9-8-13(2)24-16/h1,8-11,15H,4-7,12H2,2H3,(H,19,20,21,23). The van der Waals surface area contributed by atoms with Crippen molar-refractivity contribution in [3.05, 3.63) is 41.6 Å². The molecule has 124 valence electrons. The third-order valence-electron chi connectivity index (χ3n) is 4.19. The lowest BCUT2D eigenvalue weighted by molar-refractivity contribution is 0.177. The van der Waals surface area contributed by atoms with Gasteiger partial charge in [0.2, 0.25) is 5.95 Å². The highest BCUT2D eigenvalue weighted by Gasteiger charge is 2.28. The minimum absolute atomic E-state index is 0.209. The van der Waals surface area contributed by atoms with E-state index in [-0.39, 0.29) is 18.0 Å². The van der Waals surface area contributed by atoms with Gasteiger partial charge in [0.05, 0.1) is 12.1 Å². The third kappa shape index (κ3) is 3.74. The number of hydrogen-bond acceptors (Lipinski definition) is 4. The quantitative estimate of drug-likeness (QED) is 0.876. The number of rotatable bonds is 4. The van der Waals surface area contributed by atoms with Crippen LogP contribution in [0, 0.1) is 19.3 Å². The van der Waals surface area contributed by atoms with Crippen molar-refractivity contribution < 1.29 is 9.21 Å². The van der Waals surface area contributed by atoms with E-state index < -0.39 is 0 Å².